The average Bonchev–Trinajstić information content (AvgIpc) is 2.36. The van der Waals surface area contributed by atoms with Crippen LogP contribution in [-0.2, 0) is 4.74 Å². The van der Waals surface area contributed by atoms with Crippen molar-refractivity contribution in [1.29, 1.82) is 0 Å². The van der Waals surface area contributed by atoms with Crippen molar-refractivity contribution < 1.29 is 4.74 Å². The van der Waals surface area contributed by atoms with Crippen molar-refractivity contribution >= 4 is 5.69 Å². The normalized spacial score (nSPS) is 14.4. The maximum Gasteiger partial charge on any atom is 0.0481 e. The maximum absolute atomic E-state index is 5.08. The van der Waals surface area contributed by atoms with Gasteiger partial charge in [0.2, 0.25) is 0 Å². The van der Waals surface area contributed by atoms with Gasteiger partial charge in [0.1, 0.15) is 0 Å². The number of rotatable bonds is 7. The van der Waals surface area contributed by atoms with Gasteiger partial charge >= 0.3 is 0 Å². The summed E-state index contributed by atoms with van der Waals surface area (Å²) in [6.45, 7) is 7.48. The summed E-state index contributed by atoms with van der Waals surface area (Å²) in [6, 6.07) is 9.23. The summed E-state index contributed by atoms with van der Waals surface area (Å²) in [5.41, 5.74) is 2.61. The number of nitrogens with one attached hydrogen (secondary N) is 1. The summed E-state index contributed by atoms with van der Waals surface area (Å²) >= 11 is 0. The standard InChI is InChI=1S/C15H25NO/c1-5-12(2)14-6-8-15(9-7-14)16-13(3)10-11-17-4/h6-9,12-13,16H,5,10-11H2,1-4H3. The fourth-order valence-corrected chi connectivity index (χ4v) is 1.79. The molecule has 0 spiro atoms. The summed E-state index contributed by atoms with van der Waals surface area (Å²) in [4.78, 5) is 0. The van der Waals surface area contributed by atoms with E-state index in [9.17, 15) is 0 Å². The molecule has 1 aromatic rings. The van der Waals surface area contributed by atoms with Gasteiger partial charge in [-0.05, 0) is 43.4 Å². The van der Waals surface area contributed by atoms with E-state index in [-0.39, 0.29) is 0 Å². The first-order valence-electron chi connectivity index (χ1n) is 6.52. The van der Waals surface area contributed by atoms with Gasteiger partial charge in [0, 0.05) is 25.4 Å². The molecule has 2 atom stereocenters. The molecular weight excluding hydrogens is 210 g/mol. The van der Waals surface area contributed by atoms with Gasteiger partial charge in [-0.1, -0.05) is 26.0 Å². The zero-order valence-electron chi connectivity index (χ0n) is 11.5. The average molecular weight is 235 g/mol. The zero-order chi connectivity index (χ0) is 12.7. The van der Waals surface area contributed by atoms with E-state index in [1.165, 1.54) is 17.7 Å². The van der Waals surface area contributed by atoms with Gasteiger partial charge in [0.15, 0.2) is 0 Å². The Kier molecular flexibility index (Phi) is 6.06. The highest BCUT2D eigenvalue weighted by atomic mass is 16.5. The van der Waals surface area contributed by atoms with Crippen LogP contribution in [0, 0.1) is 0 Å². The van der Waals surface area contributed by atoms with Crippen LogP contribution >= 0.6 is 0 Å². The smallest absolute Gasteiger partial charge is 0.0481 e. The van der Waals surface area contributed by atoms with Crippen molar-refractivity contribution in [3.05, 3.63) is 29.8 Å². The summed E-state index contributed by atoms with van der Waals surface area (Å²) < 4.78 is 5.08. The van der Waals surface area contributed by atoms with Gasteiger partial charge in [-0.15, -0.1) is 0 Å². The van der Waals surface area contributed by atoms with Gasteiger partial charge < -0.3 is 10.1 Å². The lowest BCUT2D eigenvalue weighted by Crippen LogP contribution is -2.17. The highest BCUT2D eigenvalue weighted by molar-refractivity contribution is 5.45. The molecule has 2 nitrogen and oxygen atoms in total. The number of ether oxygens (including phenoxy) is 1. The summed E-state index contributed by atoms with van der Waals surface area (Å²) in [5.74, 6) is 0.648. The van der Waals surface area contributed by atoms with Crippen LogP contribution in [-0.4, -0.2) is 19.8 Å². The SMILES string of the molecule is CCC(C)c1ccc(NC(C)CCOC)cc1. The molecule has 96 valence electrons. The van der Waals surface area contributed by atoms with E-state index in [2.05, 4.69) is 50.4 Å². The van der Waals surface area contributed by atoms with Crippen molar-refractivity contribution in [2.75, 3.05) is 19.0 Å². The molecule has 0 bridgehead atoms. The Hall–Kier alpha value is -1.02. The Morgan fingerprint density at radius 3 is 2.35 bits per heavy atom. The lowest BCUT2D eigenvalue weighted by Gasteiger charge is -2.16. The molecule has 0 aliphatic carbocycles. The predicted molar refractivity (Wildman–Crippen MR) is 74.7 cm³/mol. The van der Waals surface area contributed by atoms with Gasteiger partial charge in [-0.2, -0.15) is 0 Å². The molecule has 17 heavy (non-hydrogen) atoms. The van der Waals surface area contributed by atoms with Crippen LogP contribution in [0.15, 0.2) is 24.3 Å². The van der Waals surface area contributed by atoms with Crippen LogP contribution in [0.2, 0.25) is 0 Å². The second-order valence-corrected chi connectivity index (χ2v) is 4.76. The first kappa shape index (κ1) is 14.0. The number of benzene rings is 1. The minimum Gasteiger partial charge on any atom is -0.385 e. The van der Waals surface area contributed by atoms with E-state index in [0.717, 1.165) is 13.0 Å². The fraction of sp³-hybridized carbons (Fsp3) is 0.600. The van der Waals surface area contributed by atoms with Gasteiger partial charge in [-0.25, -0.2) is 0 Å². The Balaban J connectivity index is 2.50. The van der Waals surface area contributed by atoms with Crippen molar-refractivity contribution in [1.82, 2.24) is 0 Å². The third-order valence-corrected chi connectivity index (χ3v) is 3.26. The molecule has 0 aliphatic heterocycles. The second-order valence-electron chi connectivity index (χ2n) is 4.76. The number of anilines is 1. The van der Waals surface area contributed by atoms with Crippen LogP contribution < -0.4 is 5.32 Å². The summed E-state index contributed by atoms with van der Waals surface area (Å²) in [7, 11) is 1.74. The second kappa shape index (κ2) is 7.33. The quantitative estimate of drug-likeness (QED) is 0.770. The molecule has 0 radical (unpaired) electrons. The van der Waals surface area contributed by atoms with E-state index < -0.39 is 0 Å². The maximum atomic E-state index is 5.08. The molecule has 0 aliphatic rings. The van der Waals surface area contributed by atoms with Gasteiger partial charge in [0.05, 0.1) is 0 Å². The Morgan fingerprint density at radius 1 is 1.18 bits per heavy atom. The van der Waals surface area contributed by atoms with Gasteiger partial charge in [-0.3, -0.25) is 0 Å². The minimum absolute atomic E-state index is 0.449. The molecule has 0 saturated heterocycles. The molecule has 0 fully saturated rings. The Labute approximate surface area is 105 Å². The third kappa shape index (κ3) is 4.78. The Bertz CT molecular complexity index is 307. The minimum atomic E-state index is 0.449. The molecule has 1 aromatic carbocycles. The fourth-order valence-electron chi connectivity index (χ4n) is 1.79. The van der Waals surface area contributed by atoms with Crippen molar-refractivity contribution in [2.24, 2.45) is 0 Å². The largest absolute Gasteiger partial charge is 0.385 e. The van der Waals surface area contributed by atoms with Crippen molar-refractivity contribution in [3.8, 4) is 0 Å². The van der Waals surface area contributed by atoms with E-state index in [0.29, 0.717) is 12.0 Å². The lowest BCUT2D eigenvalue weighted by atomic mass is 9.98. The molecule has 2 unspecified atom stereocenters. The third-order valence-electron chi connectivity index (χ3n) is 3.26. The molecule has 0 saturated carbocycles. The monoisotopic (exact) mass is 235 g/mol. The molecule has 2 heteroatoms. The van der Waals surface area contributed by atoms with Crippen LogP contribution in [0.25, 0.3) is 0 Å². The Morgan fingerprint density at radius 2 is 1.82 bits per heavy atom. The van der Waals surface area contributed by atoms with Crippen molar-refractivity contribution in [2.45, 2.75) is 45.6 Å². The topological polar surface area (TPSA) is 21.3 Å². The van der Waals surface area contributed by atoms with E-state index >= 15 is 0 Å². The molecule has 1 rings (SSSR count). The molecule has 0 heterocycles. The first-order valence-corrected chi connectivity index (χ1v) is 6.52. The predicted octanol–water partition coefficient (Wildman–Crippen LogP) is 4.04. The molecule has 1 N–H and O–H groups in total. The van der Waals surface area contributed by atoms with Crippen molar-refractivity contribution in [3.63, 3.8) is 0 Å². The summed E-state index contributed by atoms with van der Waals surface area (Å²) in [5, 5.41) is 3.48. The first-order chi connectivity index (χ1) is 8.17. The number of hydrogen-bond acceptors (Lipinski definition) is 2. The van der Waals surface area contributed by atoms with E-state index in [1.54, 1.807) is 7.11 Å². The molecule has 0 aromatic heterocycles. The van der Waals surface area contributed by atoms with Crippen LogP contribution in [0.4, 0.5) is 5.69 Å². The zero-order valence-corrected chi connectivity index (χ0v) is 11.5. The highest BCUT2D eigenvalue weighted by Gasteiger charge is 2.04. The van der Waals surface area contributed by atoms with E-state index in [1.807, 2.05) is 0 Å². The van der Waals surface area contributed by atoms with Crippen LogP contribution in [0.1, 0.15) is 45.1 Å². The van der Waals surface area contributed by atoms with E-state index in [4.69, 9.17) is 4.74 Å². The van der Waals surface area contributed by atoms with Crippen LogP contribution in [0.3, 0.4) is 0 Å². The molecular formula is C15H25NO. The number of methoxy groups -OCH3 is 1. The van der Waals surface area contributed by atoms with Gasteiger partial charge in [0.25, 0.3) is 0 Å². The molecule has 0 amide bonds. The summed E-state index contributed by atoms with van der Waals surface area (Å²) in [6.07, 6.45) is 2.22. The number of hydrogen-bond donors (Lipinski definition) is 1. The van der Waals surface area contributed by atoms with Crippen LogP contribution in [0.5, 0.6) is 0 Å². The lowest BCUT2D eigenvalue weighted by molar-refractivity contribution is 0.191. The highest BCUT2D eigenvalue weighted by Crippen LogP contribution is 2.20.